The number of rotatable bonds is 4. The first-order chi connectivity index (χ1) is 8.68. The molecule has 3 nitrogen and oxygen atoms in total. The second-order valence-electron chi connectivity index (χ2n) is 4.49. The number of hydrogen-bond acceptors (Lipinski definition) is 3. The molecule has 0 aromatic heterocycles. The fourth-order valence-corrected chi connectivity index (χ4v) is 2.09. The molecule has 3 heteroatoms. The number of esters is 1. The zero-order valence-electron chi connectivity index (χ0n) is 10.2. The second kappa shape index (κ2) is 5.63. The molecule has 0 atom stereocenters. The molecule has 0 radical (unpaired) electrons. The zero-order valence-corrected chi connectivity index (χ0v) is 10.2. The molecule has 0 spiro atoms. The van der Waals surface area contributed by atoms with E-state index in [-0.39, 0.29) is 17.5 Å². The molecule has 1 saturated carbocycles. The lowest BCUT2D eigenvalue weighted by molar-refractivity contribution is -0.143. The number of carbonyl (C=O) groups is 2. The summed E-state index contributed by atoms with van der Waals surface area (Å²) in [5.41, 5.74) is 0.374. The van der Waals surface area contributed by atoms with Crippen LogP contribution in [0.3, 0.4) is 0 Å². The maximum atomic E-state index is 12.0. The minimum absolute atomic E-state index is 0.0437. The molecule has 18 heavy (non-hydrogen) atoms. The Morgan fingerprint density at radius 3 is 2.33 bits per heavy atom. The molecule has 1 aromatic carbocycles. The van der Waals surface area contributed by atoms with Gasteiger partial charge in [-0.2, -0.15) is 0 Å². The van der Waals surface area contributed by atoms with Crippen LogP contribution in [0.25, 0.3) is 0 Å². The highest BCUT2D eigenvalue weighted by Gasteiger charge is 2.24. The molecule has 1 aliphatic rings. The van der Waals surface area contributed by atoms with Crippen molar-refractivity contribution in [2.24, 2.45) is 0 Å². The Bertz CT molecular complexity index is 456. The highest BCUT2D eigenvalue weighted by molar-refractivity contribution is 6.23. The van der Waals surface area contributed by atoms with Crippen molar-refractivity contribution in [3.63, 3.8) is 0 Å². The summed E-state index contributed by atoms with van der Waals surface area (Å²) in [6, 6.07) is 8.65. The van der Waals surface area contributed by atoms with Gasteiger partial charge in [-0.1, -0.05) is 36.9 Å². The van der Waals surface area contributed by atoms with Crippen LogP contribution in [0.5, 0.6) is 0 Å². The lowest BCUT2D eigenvalue weighted by Crippen LogP contribution is -2.20. The molecule has 0 amide bonds. The molecule has 0 N–H and O–H groups in total. The lowest BCUT2D eigenvalue weighted by atomic mass is 10.1. The Kier molecular flexibility index (Phi) is 3.92. The predicted molar refractivity (Wildman–Crippen MR) is 68.3 cm³/mol. The van der Waals surface area contributed by atoms with Gasteiger partial charge in [0, 0.05) is 5.56 Å². The number of Topliss-reactive ketones (excluding diaryl/α,β-unsaturated/α-hetero) is 1. The maximum absolute atomic E-state index is 12.0. The summed E-state index contributed by atoms with van der Waals surface area (Å²) in [5, 5.41) is 0. The van der Waals surface area contributed by atoms with Gasteiger partial charge in [0.25, 0.3) is 0 Å². The average molecular weight is 244 g/mol. The quantitative estimate of drug-likeness (QED) is 0.269. The Hall–Kier alpha value is -1.90. The Balaban J connectivity index is 1.98. The standard InChI is InChI=1S/C15H16O3/c1-11(14(16)12-7-3-2-4-8-12)15(17)18-13-9-5-6-10-13/h2-4,7-8,13H,1,5-6,9-10H2. The van der Waals surface area contributed by atoms with Crippen LogP contribution in [0.4, 0.5) is 0 Å². The molecular formula is C15H16O3. The minimum Gasteiger partial charge on any atom is -0.459 e. The van der Waals surface area contributed by atoms with E-state index in [2.05, 4.69) is 6.58 Å². The second-order valence-corrected chi connectivity index (χ2v) is 4.49. The summed E-state index contributed by atoms with van der Waals surface area (Å²) in [7, 11) is 0. The summed E-state index contributed by atoms with van der Waals surface area (Å²) in [5.74, 6) is -0.950. The molecule has 0 bridgehead atoms. The maximum Gasteiger partial charge on any atom is 0.341 e. The van der Waals surface area contributed by atoms with Gasteiger partial charge in [-0.3, -0.25) is 4.79 Å². The molecule has 0 heterocycles. The summed E-state index contributed by atoms with van der Waals surface area (Å²) in [4.78, 5) is 23.7. The number of benzene rings is 1. The van der Waals surface area contributed by atoms with E-state index in [1.54, 1.807) is 24.3 Å². The largest absolute Gasteiger partial charge is 0.459 e. The molecule has 2 rings (SSSR count). The van der Waals surface area contributed by atoms with Crippen molar-refractivity contribution in [2.75, 3.05) is 0 Å². The molecule has 1 aromatic rings. The fourth-order valence-electron chi connectivity index (χ4n) is 2.09. The van der Waals surface area contributed by atoms with Gasteiger partial charge in [-0.15, -0.1) is 0 Å². The van der Waals surface area contributed by atoms with E-state index in [0.717, 1.165) is 25.7 Å². The van der Waals surface area contributed by atoms with Crippen LogP contribution in [0.1, 0.15) is 36.0 Å². The minimum atomic E-state index is -0.587. The van der Waals surface area contributed by atoms with Gasteiger partial charge in [-0.05, 0) is 25.7 Å². The topological polar surface area (TPSA) is 43.4 Å². The fraction of sp³-hybridized carbons (Fsp3) is 0.333. The van der Waals surface area contributed by atoms with Crippen LogP contribution < -0.4 is 0 Å². The average Bonchev–Trinajstić information content (AvgIpc) is 2.91. The van der Waals surface area contributed by atoms with E-state index in [1.165, 1.54) is 0 Å². The molecule has 0 aliphatic heterocycles. The van der Waals surface area contributed by atoms with Gasteiger partial charge in [0.2, 0.25) is 0 Å². The SMILES string of the molecule is C=C(C(=O)OC1CCCC1)C(=O)c1ccccc1. The van der Waals surface area contributed by atoms with Gasteiger partial charge >= 0.3 is 5.97 Å². The summed E-state index contributed by atoms with van der Waals surface area (Å²) >= 11 is 0. The van der Waals surface area contributed by atoms with Gasteiger partial charge in [0.1, 0.15) is 11.7 Å². The first-order valence-electron chi connectivity index (χ1n) is 6.18. The van der Waals surface area contributed by atoms with Crippen molar-refractivity contribution in [1.82, 2.24) is 0 Å². The highest BCUT2D eigenvalue weighted by atomic mass is 16.5. The van der Waals surface area contributed by atoms with Gasteiger partial charge in [0.15, 0.2) is 5.78 Å². The van der Waals surface area contributed by atoms with E-state index in [0.29, 0.717) is 5.56 Å². The van der Waals surface area contributed by atoms with E-state index in [9.17, 15) is 9.59 Å². The molecule has 1 fully saturated rings. The monoisotopic (exact) mass is 244 g/mol. The van der Waals surface area contributed by atoms with Crippen molar-refractivity contribution in [3.05, 3.63) is 48.0 Å². The summed E-state index contributed by atoms with van der Waals surface area (Å²) in [6.45, 7) is 3.55. The third kappa shape index (κ3) is 2.86. The molecule has 94 valence electrons. The van der Waals surface area contributed by atoms with Gasteiger partial charge < -0.3 is 4.74 Å². The van der Waals surface area contributed by atoms with Crippen LogP contribution in [-0.2, 0) is 9.53 Å². The molecular weight excluding hydrogens is 228 g/mol. The number of ketones is 1. The number of ether oxygens (including phenoxy) is 1. The highest BCUT2D eigenvalue weighted by Crippen LogP contribution is 2.22. The Morgan fingerprint density at radius 1 is 1.11 bits per heavy atom. The van der Waals surface area contributed by atoms with Crippen molar-refractivity contribution in [1.29, 1.82) is 0 Å². The van der Waals surface area contributed by atoms with E-state index in [1.807, 2.05) is 6.07 Å². The predicted octanol–water partition coefficient (Wildman–Crippen LogP) is 2.91. The molecule has 0 unspecified atom stereocenters. The number of hydrogen-bond donors (Lipinski definition) is 0. The van der Waals surface area contributed by atoms with Gasteiger partial charge in [-0.25, -0.2) is 4.79 Å². The number of carbonyl (C=O) groups excluding carboxylic acids is 2. The Morgan fingerprint density at radius 2 is 1.72 bits per heavy atom. The van der Waals surface area contributed by atoms with E-state index in [4.69, 9.17) is 4.74 Å². The van der Waals surface area contributed by atoms with Crippen molar-refractivity contribution < 1.29 is 14.3 Å². The third-order valence-corrected chi connectivity index (χ3v) is 3.13. The third-order valence-electron chi connectivity index (χ3n) is 3.13. The van der Waals surface area contributed by atoms with Crippen LogP contribution in [0.15, 0.2) is 42.5 Å². The van der Waals surface area contributed by atoms with E-state index >= 15 is 0 Å². The van der Waals surface area contributed by atoms with Crippen LogP contribution >= 0.6 is 0 Å². The van der Waals surface area contributed by atoms with Crippen molar-refractivity contribution in [3.8, 4) is 0 Å². The van der Waals surface area contributed by atoms with Gasteiger partial charge in [0.05, 0.1) is 0 Å². The zero-order chi connectivity index (χ0) is 13.0. The first kappa shape index (κ1) is 12.6. The normalized spacial score (nSPS) is 15.3. The smallest absolute Gasteiger partial charge is 0.341 e. The first-order valence-corrected chi connectivity index (χ1v) is 6.18. The van der Waals surface area contributed by atoms with Crippen molar-refractivity contribution in [2.45, 2.75) is 31.8 Å². The van der Waals surface area contributed by atoms with Crippen LogP contribution in [0, 0.1) is 0 Å². The molecule has 1 aliphatic carbocycles. The summed E-state index contributed by atoms with van der Waals surface area (Å²) in [6.07, 6.45) is 3.89. The lowest BCUT2D eigenvalue weighted by Gasteiger charge is -2.12. The van der Waals surface area contributed by atoms with Crippen molar-refractivity contribution >= 4 is 11.8 Å². The Labute approximate surface area is 106 Å². The van der Waals surface area contributed by atoms with E-state index < -0.39 is 5.97 Å². The van der Waals surface area contributed by atoms with Crippen LogP contribution in [-0.4, -0.2) is 17.9 Å². The summed E-state index contributed by atoms with van der Waals surface area (Å²) < 4.78 is 5.26. The molecule has 0 saturated heterocycles. The van der Waals surface area contributed by atoms with Crippen LogP contribution in [0.2, 0.25) is 0 Å².